The van der Waals surface area contributed by atoms with E-state index in [1.54, 1.807) is 18.2 Å². The number of rotatable bonds is 3. The number of aryl methyl sites for hydroxylation is 1. The molecular weight excluding hydrogens is 313 g/mol. The van der Waals surface area contributed by atoms with Crippen molar-refractivity contribution in [3.8, 4) is 0 Å². The molecule has 116 valence electrons. The molecule has 1 aliphatic rings. The Morgan fingerprint density at radius 1 is 1.13 bits per heavy atom. The minimum Gasteiger partial charge on any atom is -0.268 e. The van der Waals surface area contributed by atoms with Gasteiger partial charge in [-0.05, 0) is 48.0 Å². The lowest BCUT2D eigenvalue weighted by molar-refractivity contribution is -0.123. The van der Waals surface area contributed by atoms with E-state index in [0.717, 1.165) is 22.9 Å². The summed E-state index contributed by atoms with van der Waals surface area (Å²) >= 11 is 0.881. The molecule has 0 atom stereocenters. The lowest BCUT2D eigenvalue weighted by Gasteiger charge is -2.12. The van der Waals surface area contributed by atoms with Gasteiger partial charge < -0.3 is 0 Å². The van der Waals surface area contributed by atoms with Gasteiger partial charge in [0.1, 0.15) is 5.82 Å². The summed E-state index contributed by atoms with van der Waals surface area (Å²) in [5.41, 5.74) is 2.57. The molecule has 2 aromatic carbocycles. The zero-order chi connectivity index (χ0) is 16.4. The molecule has 5 heteroatoms. The van der Waals surface area contributed by atoms with Crippen LogP contribution >= 0.6 is 11.8 Å². The maximum Gasteiger partial charge on any atom is 0.293 e. The SMILES string of the molecule is Cc1ccc(CN2C(=O)S/C(=C/c3cccc(F)c3)C2=O)cc1. The van der Waals surface area contributed by atoms with E-state index in [-0.39, 0.29) is 23.5 Å². The molecule has 0 bridgehead atoms. The average Bonchev–Trinajstić information content (AvgIpc) is 2.77. The number of amides is 2. The van der Waals surface area contributed by atoms with E-state index >= 15 is 0 Å². The van der Waals surface area contributed by atoms with Crippen LogP contribution in [-0.2, 0) is 11.3 Å². The molecule has 1 aliphatic heterocycles. The molecule has 0 radical (unpaired) electrons. The molecule has 0 spiro atoms. The first kappa shape index (κ1) is 15.5. The molecule has 1 fully saturated rings. The standard InChI is InChI=1S/C18H14FNO2S/c1-12-5-7-13(8-6-12)11-20-17(21)16(23-18(20)22)10-14-3-2-4-15(19)9-14/h2-10H,11H2,1H3/b16-10+. The van der Waals surface area contributed by atoms with Crippen molar-refractivity contribution in [2.75, 3.05) is 0 Å². The Bertz CT molecular complexity index is 799. The van der Waals surface area contributed by atoms with E-state index in [4.69, 9.17) is 0 Å². The van der Waals surface area contributed by atoms with Gasteiger partial charge in [-0.25, -0.2) is 4.39 Å². The van der Waals surface area contributed by atoms with Crippen molar-refractivity contribution in [3.05, 3.63) is 75.9 Å². The fraction of sp³-hybridized carbons (Fsp3) is 0.111. The number of thioether (sulfide) groups is 1. The topological polar surface area (TPSA) is 37.4 Å². The van der Waals surface area contributed by atoms with Crippen LogP contribution in [0.5, 0.6) is 0 Å². The van der Waals surface area contributed by atoms with Crippen LogP contribution in [0, 0.1) is 12.7 Å². The zero-order valence-electron chi connectivity index (χ0n) is 12.5. The molecule has 1 heterocycles. The Morgan fingerprint density at radius 2 is 1.87 bits per heavy atom. The van der Waals surface area contributed by atoms with Gasteiger partial charge >= 0.3 is 0 Å². The molecule has 0 saturated carbocycles. The van der Waals surface area contributed by atoms with Gasteiger partial charge in [0.05, 0.1) is 11.4 Å². The van der Waals surface area contributed by atoms with Gasteiger partial charge in [-0.15, -0.1) is 0 Å². The van der Waals surface area contributed by atoms with E-state index in [9.17, 15) is 14.0 Å². The van der Waals surface area contributed by atoms with Gasteiger partial charge in [0.25, 0.3) is 11.1 Å². The number of carbonyl (C=O) groups excluding carboxylic acids is 2. The van der Waals surface area contributed by atoms with Crippen LogP contribution in [-0.4, -0.2) is 16.0 Å². The predicted octanol–water partition coefficient (Wildman–Crippen LogP) is 4.37. The highest BCUT2D eigenvalue weighted by atomic mass is 32.2. The minimum atomic E-state index is -0.377. The molecule has 0 aromatic heterocycles. The molecular formula is C18H14FNO2S. The third-order valence-corrected chi connectivity index (χ3v) is 4.39. The van der Waals surface area contributed by atoms with Gasteiger partial charge in [-0.2, -0.15) is 0 Å². The quantitative estimate of drug-likeness (QED) is 0.786. The van der Waals surface area contributed by atoms with E-state index < -0.39 is 0 Å². The fourth-order valence-corrected chi connectivity index (χ4v) is 3.10. The van der Waals surface area contributed by atoms with Gasteiger partial charge in [-0.1, -0.05) is 42.0 Å². The lowest BCUT2D eigenvalue weighted by Crippen LogP contribution is -2.27. The molecule has 2 amide bonds. The highest BCUT2D eigenvalue weighted by Gasteiger charge is 2.34. The van der Waals surface area contributed by atoms with Crippen LogP contribution in [0.15, 0.2) is 53.4 Å². The van der Waals surface area contributed by atoms with Crippen LogP contribution in [0.25, 0.3) is 6.08 Å². The second kappa shape index (κ2) is 6.38. The molecule has 0 N–H and O–H groups in total. The molecule has 1 saturated heterocycles. The second-order valence-electron chi connectivity index (χ2n) is 5.31. The highest BCUT2D eigenvalue weighted by Crippen LogP contribution is 2.33. The average molecular weight is 327 g/mol. The van der Waals surface area contributed by atoms with Crippen molar-refractivity contribution in [2.24, 2.45) is 0 Å². The van der Waals surface area contributed by atoms with Crippen molar-refractivity contribution in [1.82, 2.24) is 4.90 Å². The minimum absolute atomic E-state index is 0.242. The Hall–Kier alpha value is -2.40. The van der Waals surface area contributed by atoms with E-state index in [2.05, 4.69) is 0 Å². The number of imide groups is 1. The molecule has 3 rings (SSSR count). The first-order valence-electron chi connectivity index (χ1n) is 7.09. The molecule has 0 aliphatic carbocycles. The number of carbonyl (C=O) groups is 2. The van der Waals surface area contributed by atoms with Crippen molar-refractivity contribution in [1.29, 1.82) is 0 Å². The smallest absolute Gasteiger partial charge is 0.268 e. The third kappa shape index (κ3) is 3.51. The number of hydrogen-bond acceptors (Lipinski definition) is 3. The Labute approximate surface area is 137 Å². The normalized spacial score (nSPS) is 16.4. The Balaban J connectivity index is 1.81. The molecule has 0 unspecified atom stereocenters. The van der Waals surface area contributed by atoms with Crippen LogP contribution in [0.1, 0.15) is 16.7 Å². The number of hydrogen-bond donors (Lipinski definition) is 0. The lowest BCUT2D eigenvalue weighted by atomic mass is 10.1. The van der Waals surface area contributed by atoms with E-state index in [1.807, 2.05) is 31.2 Å². The Morgan fingerprint density at radius 3 is 2.57 bits per heavy atom. The van der Waals surface area contributed by atoms with Crippen molar-refractivity contribution >= 4 is 29.0 Å². The van der Waals surface area contributed by atoms with Gasteiger partial charge in [-0.3, -0.25) is 14.5 Å². The largest absolute Gasteiger partial charge is 0.293 e. The molecule has 23 heavy (non-hydrogen) atoms. The number of benzene rings is 2. The van der Waals surface area contributed by atoms with E-state index in [1.165, 1.54) is 17.0 Å². The monoisotopic (exact) mass is 327 g/mol. The number of nitrogens with zero attached hydrogens (tertiary/aromatic N) is 1. The van der Waals surface area contributed by atoms with Gasteiger partial charge in [0, 0.05) is 0 Å². The summed E-state index contributed by atoms with van der Waals surface area (Å²) in [6.45, 7) is 2.22. The summed E-state index contributed by atoms with van der Waals surface area (Å²) in [5, 5.41) is -0.307. The second-order valence-corrected chi connectivity index (χ2v) is 6.30. The summed E-state index contributed by atoms with van der Waals surface area (Å²) in [7, 11) is 0. The summed E-state index contributed by atoms with van der Waals surface area (Å²) in [5.74, 6) is -0.720. The van der Waals surface area contributed by atoms with Crippen LogP contribution in [0.4, 0.5) is 9.18 Å². The maximum atomic E-state index is 13.2. The van der Waals surface area contributed by atoms with Crippen LogP contribution < -0.4 is 0 Å². The van der Waals surface area contributed by atoms with Gasteiger partial charge in [0.2, 0.25) is 0 Å². The zero-order valence-corrected chi connectivity index (χ0v) is 13.3. The van der Waals surface area contributed by atoms with Crippen molar-refractivity contribution < 1.29 is 14.0 Å². The van der Waals surface area contributed by atoms with Crippen molar-refractivity contribution in [3.63, 3.8) is 0 Å². The first-order chi connectivity index (χ1) is 11.0. The van der Waals surface area contributed by atoms with Crippen molar-refractivity contribution in [2.45, 2.75) is 13.5 Å². The van der Waals surface area contributed by atoms with E-state index in [0.29, 0.717) is 10.5 Å². The summed E-state index contributed by atoms with van der Waals surface area (Å²) in [6.07, 6.45) is 1.54. The van der Waals surface area contributed by atoms with Crippen LogP contribution in [0.3, 0.4) is 0 Å². The van der Waals surface area contributed by atoms with Gasteiger partial charge in [0.15, 0.2) is 0 Å². The first-order valence-corrected chi connectivity index (χ1v) is 7.91. The summed E-state index contributed by atoms with van der Waals surface area (Å²) in [6, 6.07) is 13.6. The Kier molecular flexibility index (Phi) is 4.30. The summed E-state index contributed by atoms with van der Waals surface area (Å²) < 4.78 is 13.2. The molecule has 3 nitrogen and oxygen atoms in total. The maximum absolute atomic E-state index is 13.2. The third-order valence-electron chi connectivity index (χ3n) is 3.48. The summed E-state index contributed by atoms with van der Waals surface area (Å²) in [4.78, 5) is 26.0. The predicted molar refractivity (Wildman–Crippen MR) is 89.1 cm³/mol. The number of halogens is 1. The molecule has 2 aromatic rings. The van der Waals surface area contributed by atoms with Crippen LogP contribution in [0.2, 0.25) is 0 Å². The fourth-order valence-electron chi connectivity index (χ4n) is 2.26. The highest BCUT2D eigenvalue weighted by molar-refractivity contribution is 8.18.